The summed E-state index contributed by atoms with van der Waals surface area (Å²) in [5.41, 5.74) is 3.04. The molecule has 3 rings (SSSR count). The minimum atomic E-state index is -3.21. The van der Waals surface area contributed by atoms with Crippen LogP contribution in [0.25, 0.3) is 0 Å². The Bertz CT molecular complexity index is 1040. The van der Waals surface area contributed by atoms with Gasteiger partial charge in [0.25, 0.3) is 0 Å². The lowest BCUT2D eigenvalue weighted by atomic mass is 9.78. The zero-order chi connectivity index (χ0) is 22.5. The van der Waals surface area contributed by atoms with Gasteiger partial charge in [0, 0.05) is 37.4 Å². The second-order valence-electron chi connectivity index (χ2n) is 8.34. The smallest absolute Gasteiger partial charge is 0.191 e. The van der Waals surface area contributed by atoms with Gasteiger partial charge in [0.1, 0.15) is 5.75 Å². The van der Waals surface area contributed by atoms with Crippen LogP contribution >= 0.6 is 0 Å². The summed E-state index contributed by atoms with van der Waals surface area (Å²) in [6, 6.07) is 13.7. The Labute approximate surface area is 186 Å². The van der Waals surface area contributed by atoms with E-state index in [1.54, 1.807) is 20.2 Å². The van der Waals surface area contributed by atoms with Crippen LogP contribution in [0.15, 0.2) is 52.4 Å². The van der Waals surface area contributed by atoms with Crippen molar-refractivity contribution in [3.8, 4) is 5.75 Å². The van der Waals surface area contributed by atoms with Crippen molar-refractivity contribution in [2.45, 2.75) is 49.5 Å². The number of rotatable bonds is 7. The van der Waals surface area contributed by atoms with Crippen molar-refractivity contribution < 1.29 is 13.2 Å². The van der Waals surface area contributed by atoms with Gasteiger partial charge in [0.05, 0.1) is 12.0 Å². The summed E-state index contributed by atoms with van der Waals surface area (Å²) in [5, 5.41) is 6.86. The first-order valence-corrected chi connectivity index (χ1v) is 12.6. The van der Waals surface area contributed by atoms with Gasteiger partial charge >= 0.3 is 0 Å². The van der Waals surface area contributed by atoms with Crippen molar-refractivity contribution in [1.29, 1.82) is 0 Å². The second kappa shape index (κ2) is 9.73. The third-order valence-corrected chi connectivity index (χ3v) is 7.41. The topological polar surface area (TPSA) is 79.8 Å². The van der Waals surface area contributed by atoms with Crippen LogP contribution in [0.3, 0.4) is 0 Å². The third-order valence-electron chi connectivity index (χ3n) is 6.16. The van der Waals surface area contributed by atoms with Crippen LogP contribution in [0.5, 0.6) is 5.75 Å². The molecule has 0 heterocycles. The number of guanidine groups is 1. The Morgan fingerprint density at radius 2 is 1.84 bits per heavy atom. The van der Waals surface area contributed by atoms with Crippen molar-refractivity contribution in [3.63, 3.8) is 0 Å². The van der Waals surface area contributed by atoms with Crippen LogP contribution in [0.1, 0.15) is 42.4 Å². The monoisotopic (exact) mass is 443 g/mol. The molecule has 0 amide bonds. The molecule has 0 unspecified atom stereocenters. The first-order chi connectivity index (χ1) is 14.8. The van der Waals surface area contributed by atoms with E-state index < -0.39 is 9.84 Å². The SMILES string of the molecule is CN=C(NCc1ccc(S(C)(=O)=O)c(C)c1)NCC1(c2ccccc2OC)CCCC1. The largest absolute Gasteiger partial charge is 0.496 e. The molecule has 2 aromatic carbocycles. The molecule has 1 saturated carbocycles. The Morgan fingerprint density at radius 3 is 2.45 bits per heavy atom. The van der Waals surface area contributed by atoms with Gasteiger partial charge in [0.15, 0.2) is 15.8 Å². The fraction of sp³-hybridized carbons (Fsp3) is 0.458. The Kier molecular flexibility index (Phi) is 7.26. The molecule has 1 aliphatic rings. The van der Waals surface area contributed by atoms with E-state index in [1.165, 1.54) is 24.7 Å². The maximum Gasteiger partial charge on any atom is 0.191 e. The molecule has 0 saturated heterocycles. The fourth-order valence-electron chi connectivity index (χ4n) is 4.57. The maximum absolute atomic E-state index is 11.8. The van der Waals surface area contributed by atoms with E-state index in [1.807, 2.05) is 31.2 Å². The van der Waals surface area contributed by atoms with E-state index >= 15 is 0 Å². The van der Waals surface area contributed by atoms with Crippen LogP contribution in [0.2, 0.25) is 0 Å². The first kappa shape index (κ1) is 23.1. The van der Waals surface area contributed by atoms with Gasteiger partial charge in [-0.15, -0.1) is 0 Å². The van der Waals surface area contributed by atoms with Crippen molar-refractivity contribution in [2.24, 2.45) is 4.99 Å². The van der Waals surface area contributed by atoms with E-state index in [2.05, 4.69) is 27.8 Å². The molecule has 0 atom stereocenters. The molecule has 2 N–H and O–H groups in total. The molecular formula is C24H33N3O3S. The van der Waals surface area contributed by atoms with Gasteiger partial charge < -0.3 is 15.4 Å². The summed E-state index contributed by atoms with van der Waals surface area (Å²) in [6.07, 6.45) is 5.88. The molecule has 168 valence electrons. The molecule has 31 heavy (non-hydrogen) atoms. The van der Waals surface area contributed by atoms with Gasteiger partial charge in [-0.1, -0.05) is 43.2 Å². The molecule has 1 aliphatic carbocycles. The van der Waals surface area contributed by atoms with Gasteiger partial charge in [-0.2, -0.15) is 0 Å². The highest BCUT2D eigenvalue weighted by atomic mass is 32.2. The predicted molar refractivity (Wildman–Crippen MR) is 126 cm³/mol. The molecule has 0 aromatic heterocycles. The van der Waals surface area contributed by atoms with Crippen LogP contribution in [0, 0.1) is 6.92 Å². The fourth-order valence-corrected chi connectivity index (χ4v) is 5.53. The standard InChI is InChI=1S/C24H33N3O3S/c1-18-15-19(11-12-22(18)31(4,28)29)16-26-23(25-2)27-17-24(13-7-8-14-24)20-9-5-6-10-21(20)30-3/h5-6,9-12,15H,7-8,13-14,16-17H2,1-4H3,(H2,25,26,27). The van der Waals surface area contributed by atoms with Gasteiger partial charge in [0.2, 0.25) is 0 Å². The van der Waals surface area contributed by atoms with Crippen LogP contribution in [-0.4, -0.2) is 41.3 Å². The van der Waals surface area contributed by atoms with E-state index in [4.69, 9.17) is 4.74 Å². The number of aliphatic imine (C=N–C) groups is 1. The number of ether oxygens (including phenoxy) is 1. The van der Waals surface area contributed by atoms with Crippen molar-refractivity contribution in [3.05, 3.63) is 59.2 Å². The lowest BCUT2D eigenvalue weighted by Gasteiger charge is -2.32. The molecular weight excluding hydrogens is 410 g/mol. The van der Waals surface area contributed by atoms with Gasteiger partial charge in [-0.3, -0.25) is 4.99 Å². The number of para-hydroxylation sites is 1. The van der Waals surface area contributed by atoms with Crippen molar-refractivity contribution in [1.82, 2.24) is 10.6 Å². The lowest BCUT2D eigenvalue weighted by molar-refractivity contribution is 0.371. The lowest BCUT2D eigenvalue weighted by Crippen LogP contribution is -2.44. The summed E-state index contributed by atoms with van der Waals surface area (Å²) in [6.45, 7) is 3.16. The molecule has 0 aliphatic heterocycles. The molecule has 7 heteroatoms. The number of nitrogens with one attached hydrogen (secondary N) is 2. The summed E-state index contributed by atoms with van der Waals surface area (Å²) in [4.78, 5) is 4.75. The van der Waals surface area contributed by atoms with Crippen LogP contribution < -0.4 is 15.4 Å². The minimum absolute atomic E-state index is 0.0257. The first-order valence-electron chi connectivity index (χ1n) is 10.7. The number of methoxy groups -OCH3 is 1. The Hall–Kier alpha value is -2.54. The summed E-state index contributed by atoms with van der Waals surface area (Å²) in [5.74, 6) is 1.67. The van der Waals surface area contributed by atoms with Crippen molar-refractivity contribution >= 4 is 15.8 Å². The number of nitrogens with zero attached hydrogens (tertiary/aromatic N) is 1. The molecule has 0 radical (unpaired) electrons. The Morgan fingerprint density at radius 1 is 1.13 bits per heavy atom. The van der Waals surface area contributed by atoms with E-state index in [9.17, 15) is 8.42 Å². The maximum atomic E-state index is 11.8. The highest BCUT2D eigenvalue weighted by Crippen LogP contribution is 2.44. The van der Waals surface area contributed by atoms with Crippen molar-refractivity contribution in [2.75, 3.05) is 27.0 Å². The number of hydrogen-bond donors (Lipinski definition) is 2. The van der Waals surface area contributed by atoms with Crippen LogP contribution in [0.4, 0.5) is 0 Å². The van der Waals surface area contributed by atoms with Gasteiger partial charge in [-0.25, -0.2) is 8.42 Å². The second-order valence-corrected chi connectivity index (χ2v) is 10.3. The van der Waals surface area contributed by atoms with E-state index in [0.29, 0.717) is 11.4 Å². The molecule has 2 aromatic rings. The normalized spacial score (nSPS) is 16.2. The quantitative estimate of drug-likeness (QED) is 0.505. The summed E-state index contributed by atoms with van der Waals surface area (Å²) >= 11 is 0. The van der Waals surface area contributed by atoms with E-state index in [-0.39, 0.29) is 5.41 Å². The molecule has 0 spiro atoms. The Balaban J connectivity index is 1.68. The zero-order valence-electron chi connectivity index (χ0n) is 18.9. The number of aryl methyl sites for hydroxylation is 1. The number of sulfone groups is 1. The predicted octanol–water partition coefficient (Wildman–Crippen LogP) is 3.58. The molecule has 6 nitrogen and oxygen atoms in total. The summed E-state index contributed by atoms with van der Waals surface area (Å²) in [7, 11) is 0.280. The molecule has 0 bridgehead atoms. The highest BCUT2D eigenvalue weighted by molar-refractivity contribution is 7.90. The van der Waals surface area contributed by atoms with Crippen LogP contribution in [-0.2, 0) is 21.8 Å². The number of benzene rings is 2. The summed E-state index contributed by atoms with van der Waals surface area (Å²) < 4.78 is 29.3. The number of hydrogen-bond acceptors (Lipinski definition) is 4. The van der Waals surface area contributed by atoms with Gasteiger partial charge in [-0.05, 0) is 43.0 Å². The average Bonchev–Trinajstić information content (AvgIpc) is 3.23. The minimum Gasteiger partial charge on any atom is -0.496 e. The van der Waals surface area contributed by atoms with E-state index in [0.717, 1.165) is 42.2 Å². The highest BCUT2D eigenvalue weighted by Gasteiger charge is 2.37. The molecule has 1 fully saturated rings. The third kappa shape index (κ3) is 5.39. The zero-order valence-corrected chi connectivity index (χ0v) is 19.7. The average molecular weight is 444 g/mol.